The van der Waals surface area contributed by atoms with Crippen LogP contribution in [0.3, 0.4) is 0 Å². The number of phenolic OH excluding ortho intramolecular Hbond substituents is 1. The molecule has 1 N–H and O–H groups in total. The summed E-state index contributed by atoms with van der Waals surface area (Å²) in [6.45, 7) is 2.02. The molecule has 2 aromatic rings. The average molecular weight is 162 g/mol. The van der Waals surface area contributed by atoms with Crippen LogP contribution < -0.4 is 0 Å². The molecule has 0 saturated carbocycles. The second-order valence-electron chi connectivity index (χ2n) is 2.76. The highest BCUT2D eigenvalue weighted by atomic mass is 16.4. The third-order valence-corrected chi connectivity index (χ3v) is 1.92. The molecule has 62 valence electrons. The van der Waals surface area contributed by atoms with E-state index in [1.807, 2.05) is 25.1 Å². The van der Waals surface area contributed by atoms with Crippen molar-refractivity contribution in [2.45, 2.75) is 13.3 Å². The van der Waals surface area contributed by atoms with Crippen LogP contribution in [0.5, 0.6) is 5.75 Å². The maximum absolute atomic E-state index is 9.39. The molecule has 2 nitrogen and oxygen atoms in total. The van der Waals surface area contributed by atoms with Gasteiger partial charge in [-0.15, -0.1) is 0 Å². The van der Waals surface area contributed by atoms with E-state index in [2.05, 4.69) is 0 Å². The van der Waals surface area contributed by atoms with Crippen LogP contribution in [0, 0.1) is 0 Å². The highest BCUT2D eigenvalue weighted by Crippen LogP contribution is 2.27. The molecule has 0 atom stereocenters. The van der Waals surface area contributed by atoms with E-state index >= 15 is 0 Å². The van der Waals surface area contributed by atoms with Gasteiger partial charge in [0.05, 0.1) is 0 Å². The fourth-order valence-corrected chi connectivity index (χ4v) is 1.28. The van der Waals surface area contributed by atoms with Gasteiger partial charge >= 0.3 is 0 Å². The summed E-state index contributed by atoms with van der Waals surface area (Å²) in [5, 5.41) is 10.4. The predicted molar refractivity (Wildman–Crippen MR) is 47.3 cm³/mol. The standard InChI is InChI=1S/C10H10O2/c1-2-8-6-7-4-3-5-9(11)10(7)12-8/h3-6,11H,2H2,1H3. The number of aryl methyl sites for hydroxylation is 1. The van der Waals surface area contributed by atoms with Crippen molar-refractivity contribution in [3.05, 3.63) is 30.0 Å². The third kappa shape index (κ3) is 0.961. The van der Waals surface area contributed by atoms with Gasteiger partial charge in [0.25, 0.3) is 0 Å². The molecule has 12 heavy (non-hydrogen) atoms. The number of aromatic hydroxyl groups is 1. The molecule has 0 aliphatic heterocycles. The number of rotatable bonds is 1. The molecule has 1 aromatic heterocycles. The van der Waals surface area contributed by atoms with Gasteiger partial charge in [-0.3, -0.25) is 0 Å². The van der Waals surface area contributed by atoms with Crippen molar-refractivity contribution in [1.82, 2.24) is 0 Å². The molecule has 0 unspecified atom stereocenters. The van der Waals surface area contributed by atoms with Gasteiger partial charge in [-0.1, -0.05) is 19.1 Å². The van der Waals surface area contributed by atoms with E-state index in [0.29, 0.717) is 5.58 Å². The lowest BCUT2D eigenvalue weighted by atomic mass is 10.2. The van der Waals surface area contributed by atoms with E-state index in [1.54, 1.807) is 6.07 Å². The van der Waals surface area contributed by atoms with Gasteiger partial charge in [0.1, 0.15) is 5.76 Å². The van der Waals surface area contributed by atoms with E-state index in [-0.39, 0.29) is 5.75 Å². The Hall–Kier alpha value is -1.44. The van der Waals surface area contributed by atoms with Crippen LogP contribution in [0.25, 0.3) is 11.0 Å². The molecule has 0 fully saturated rings. The van der Waals surface area contributed by atoms with Gasteiger partial charge in [-0.2, -0.15) is 0 Å². The minimum absolute atomic E-state index is 0.215. The Bertz CT molecular complexity index is 401. The Labute approximate surface area is 70.4 Å². The SMILES string of the molecule is CCc1cc2cccc(O)c2o1. The first kappa shape index (κ1) is 7.22. The number of benzene rings is 1. The second-order valence-corrected chi connectivity index (χ2v) is 2.76. The summed E-state index contributed by atoms with van der Waals surface area (Å²) in [6, 6.07) is 7.32. The van der Waals surface area contributed by atoms with Gasteiger partial charge < -0.3 is 9.52 Å². The molecular formula is C10H10O2. The molecule has 0 aliphatic rings. The summed E-state index contributed by atoms with van der Waals surface area (Å²) in [4.78, 5) is 0. The lowest BCUT2D eigenvalue weighted by Gasteiger charge is -1.90. The van der Waals surface area contributed by atoms with E-state index < -0.39 is 0 Å². The van der Waals surface area contributed by atoms with Crippen LogP contribution in [0.15, 0.2) is 28.7 Å². The van der Waals surface area contributed by atoms with Gasteiger partial charge in [0.15, 0.2) is 11.3 Å². The number of para-hydroxylation sites is 1. The molecule has 2 heteroatoms. The van der Waals surface area contributed by atoms with Gasteiger partial charge in [0.2, 0.25) is 0 Å². The monoisotopic (exact) mass is 162 g/mol. The van der Waals surface area contributed by atoms with Crippen LogP contribution >= 0.6 is 0 Å². The summed E-state index contributed by atoms with van der Waals surface area (Å²) in [5.41, 5.74) is 0.592. The first-order chi connectivity index (χ1) is 5.81. The van der Waals surface area contributed by atoms with Gasteiger partial charge in [-0.25, -0.2) is 0 Å². The zero-order chi connectivity index (χ0) is 8.55. The Morgan fingerprint density at radius 3 is 2.92 bits per heavy atom. The number of hydrogen-bond donors (Lipinski definition) is 1. The van der Waals surface area contributed by atoms with Gasteiger partial charge in [-0.05, 0) is 12.1 Å². The molecule has 0 bridgehead atoms. The maximum Gasteiger partial charge on any atom is 0.175 e. The first-order valence-corrected chi connectivity index (χ1v) is 4.01. The van der Waals surface area contributed by atoms with Crippen LogP contribution in [0.4, 0.5) is 0 Å². The van der Waals surface area contributed by atoms with Crippen molar-refractivity contribution in [2.24, 2.45) is 0 Å². The van der Waals surface area contributed by atoms with Crippen molar-refractivity contribution < 1.29 is 9.52 Å². The molecule has 2 rings (SSSR count). The molecule has 1 heterocycles. The Morgan fingerprint density at radius 2 is 2.25 bits per heavy atom. The van der Waals surface area contributed by atoms with Crippen LogP contribution in [-0.2, 0) is 6.42 Å². The first-order valence-electron chi connectivity index (χ1n) is 4.01. The van der Waals surface area contributed by atoms with Crippen molar-refractivity contribution in [3.63, 3.8) is 0 Å². The number of phenols is 1. The summed E-state index contributed by atoms with van der Waals surface area (Å²) >= 11 is 0. The van der Waals surface area contributed by atoms with Crippen LogP contribution in [0.2, 0.25) is 0 Å². The molecule has 1 aromatic carbocycles. The number of hydrogen-bond acceptors (Lipinski definition) is 2. The van der Waals surface area contributed by atoms with Crippen molar-refractivity contribution in [3.8, 4) is 5.75 Å². The van der Waals surface area contributed by atoms with Crippen LogP contribution in [0.1, 0.15) is 12.7 Å². The second kappa shape index (κ2) is 2.55. The Morgan fingerprint density at radius 1 is 1.42 bits per heavy atom. The normalized spacial score (nSPS) is 10.8. The highest BCUT2D eigenvalue weighted by Gasteiger charge is 2.04. The number of fused-ring (bicyclic) bond motifs is 1. The van der Waals surface area contributed by atoms with E-state index in [4.69, 9.17) is 4.42 Å². The molecule has 0 saturated heterocycles. The molecule has 0 amide bonds. The summed E-state index contributed by atoms with van der Waals surface area (Å²) in [5.74, 6) is 1.12. The van der Waals surface area contributed by atoms with E-state index in [1.165, 1.54) is 0 Å². The quantitative estimate of drug-likeness (QED) is 0.699. The van der Waals surface area contributed by atoms with Crippen molar-refractivity contribution in [2.75, 3.05) is 0 Å². The predicted octanol–water partition coefficient (Wildman–Crippen LogP) is 2.70. The summed E-state index contributed by atoms with van der Waals surface area (Å²) < 4.78 is 5.40. The van der Waals surface area contributed by atoms with E-state index in [9.17, 15) is 5.11 Å². The third-order valence-electron chi connectivity index (χ3n) is 1.92. The van der Waals surface area contributed by atoms with Crippen molar-refractivity contribution >= 4 is 11.0 Å². The molecule has 0 aliphatic carbocycles. The fourth-order valence-electron chi connectivity index (χ4n) is 1.28. The largest absolute Gasteiger partial charge is 0.504 e. The van der Waals surface area contributed by atoms with Crippen LogP contribution in [-0.4, -0.2) is 5.11 Å². The lowest BCUT2D eigenvalue weighted by Crippen LogP contribution is -1.67. The maximum atomic E-state index is 9.39. The zero-order valence-electron chi connectivity index (χ0n) is 6.87. The molecule has 0 spiro atoms. The Kier molecular flexibility index (Phi) is 1.54. The molecule has 0 radical (unpaired) electrons. The van der Waals surface area contributed by atoms with E-state index in [0.717, 1.165) is 17.6 Å². The zero-order valence-corrected chi connectivity index (χ0v) is 6.87. The van der Waals surface area contributed by atoms with Gasteiger partial charge in [0, 0.05) is 11.8 Å². The topological polar surface area (TPSA) is 33.4 Å². The smallest absolute Gasteiger partial charge is 0.175 e. The van der Waals surface area contributed by atoms with Crippen molar-refractivity contribution in [1.29, 1.82) is 0 Å². The Balaban J connectivity index is 2.74. The molecular weight excluding hydrogens is 152 g/mol. The highest BCUT2D eigenvalue weighted by molar-refractivity contribution is 5.83. The number of furan rings is 1. The fraction of sp³-hybridized carbons (Fsp3) is 0.200. The minimum Gasteiger partial charge on any atom is -0.504 e. The average Bonchev–Trinajstić information content (AvgIpc) is 2.49. The summed E-state index contributed by atoms with van der Waals surface area (Å²) in [6.07, 6.45) is 0.855. The minimum atomic E-state index is 0.215. The lowest BCUT2D eigenvalue weighted by molar-refractivity contribution is 0.459. The summed E-state index contributed by atoms with van der Waals surface area (Å²) in [7, 11) is 0.